The molecule has 0 aromatic heterocycles. The lowest BCUT2D eigenvalue weighted by Crippen LogP contribution is -2.25. The Morgan fingerprint density at radius 1 is 1.27 bits per heavy atom. The molecule has 3 rings (SSSR count). The topological polar surface area (TPSA) is 58.2 Å². The predicted molar refractivity (Wildman–Crippen MR) is 103 cm³/mol. The number of thioether (sulfide) groups is 1. The second-order valence-corrected chi connectivity index (χ2v) is 6.99. The van der Waals surface area contributed by atoms with Crippen LogP contribution in [0.25, 0.3) is 6.08 Å². The third kappa shape index (κ3) is 4.14. The van der Waals surface area contributed by atoms with Crippen molar-refractivity contribution in [1.29, 1.82) is 0 Å². The maximum absolute atomic E-state index is 13.8. The van der Waals surface area contributed by atoms with Gasteiger partial charge >= 0.3 is 0 Å². The van der Waals surface area contributed by atoms with Crippen molar-refractivity contribution < 1.29 is 14.0 Å². The Labute approximate surface area is 155 Å². The van der Waals surface area contributed by atoms with Crippen molar-refractivity contribution in [3.8, 4) is 0 Å². The van der Waals surface area contributed by atoms with E-state index < -0.39 is 0 Å². The Hall–Kier alpha value is -2.60. The maximum atomic E-state index is 13.8. The molecular weight excluding hydrogens is 351 g/mol. The van der Waals surface area contributed by atoms with E-state index in [1.165, 1.54) is 23.9 Å². The fraction of sp³-hybridized carbons (Fsp3) is 0.200. The molecule has 2 aromatic rings. The highest BCUT2D eigenvalue weighted by Crippen LogP contribution is 2.39. The highest BCUT2D eigenvalue weighted by atomic mass is 32.2. The fourth-order valence-corrected chi connectivity index (χ4v) is 3.44. The van der Waals surface area contributed by atoms with E-state index >= 15 is 0 Å². The average molecular weight is 370 g/mol. The van der Waals surface area contributed by atoms with Gasteiger partial charge in [-0.25, -0.2) is 4.39 Å². The first-order chi connectivity index (χ1) is 12.6. The molecule has 4 nitrogen and oxygen atoms in total. The Balaban J connectivity index is 1.80. The number of amides is 2. The van der Waals surface area contributed by atoms with Crippen molar-refractivity contribution in [2.24, 2.45) is 0 Å². The van der Waals surface area contributed by atoms with Gasteiger partial charge in [0.1, 0.15) is 5.82 Å². The van der Waals surface area contributed by atoms with Crippen LogP contribution in [0.5, 0.6) is 0 Å². The quantitative estimate of drug-likeness (QED) is 0.604. The molecule has 6 heteroatoms. The minimum atomic E-state index is -0.377. The molecule has 26 heavy (non-hydrogen) atoms. The molecule has 0 fully saturated rings. The number of hydrogen-bond donors (Lipinski definition) is 2. The summed E-state index contributed by atoms with van der Waals surface area (Å²) in [5, 5.41) is 5.64. The van der Waals surface area contributed by atoms with E-state index in [-0.39, 0.29) is 17.6 Å². The van der Waals surface area contributed by atoms with Crippen LogP contribution >= 0.6 is 11.8 Å². The summed E-state index contributed by atoms with van der Waals surface area (Å²) in [7, 11) is 0. The molecule has 134 valence electrons. The molecule has 0 atom stereocenters. The molecule has 0 radical (unpaired) electrons. The van der Waals surface area contributed by atoms with Crippen molar-refractivity contribution in [3.63, 3.8) is 0 Å². The zero-order chi connectivity index (χ0) is 18.5. The van der Waals surface area contributed by atoms with Crippen molar-refractivity contribution in [3.05, 3.63) is 64.3 Å². The summed E-state index contributed by atoms with van der Waals surface area (Å²) in [6.07, 6.45) is 3.46. The van der Waals surface area contributed by atoms with Crippen LogP contribution in [0.15, 0.2) is 52.3 Å². The zero-order valence-electron chi connectivity index (χ0n) is 14.3. The Morgan fingerprint density at radius 3 is 2.85 bits per heavy atom. The minimum absolute atomic E-state index is 0.159. The molecule has 0 bridgehead atoms. The molecule has 0 saturated carbocycles. The summed E-state index contributed by atoms with van der Waals surface area (Å²) in [5.74, 6) is -0.846. The molecule has 0 spiro atoms. The standard InChI is InChI=1S/C20H19FN2O2S/c1-2-3-10-22-19(24)14-8-9-17-16(11-14)23-20(25)18(26-17)12-13-6-4-5-7-15(13)21/h4-9,11-12H,2-3,10H2,1H3,(H,22,24)(H,23,25). The number of unbranched alkanes of at least 4 members (excludes halogenated alkanes) is 1. The van der Waals surface area contributed by atoms with E-state index in [9.17, 15) is 14.0 Å². The third-order valence-corrected chi connectivity index (χ3v) is 5.04. The van der Waals surface area contributed by atoms with Gasteiger partial charge < -0.3 is 10.6 Å². The molecule has 0 aliphatic carbocycles. The largest absolute Gasteiger partial charge is 0.352 e. The van der Waals surface area contributed by atoms with E-state index in [0.717, 1.165) is 17.7 Å². The van der Waals surface area contributed by atoms with Gasteiger partial charge in [0.2, 0.25) is 0 Å². The van der Waals surface area contributed by atoms with Gasteiger partial charge in [-0.15, -0.1) is 0 Å². The number of carbonyl (C=O) groups excluding carboxylic acids is 2. The highest BCUT2D eigenvalue weighted by Gasteiger charge is 2.22. The van der Waals surface area contributed by atoms with Crippen LogP contribution in [-0.2, 0) is 4.79 Å². The van der Waals surface area contributed by atoms with Crippen LogP contribution in [0.4, 0.5) is 10.1 Å². The normalized spacial score (nSPS) is 14.7. The van der Waals surface area contributed by atoms with Gasteiger partial charge in [-0.3, -0.25) is 9.59 Å². The smallest absolute Gasteiger partial charge is 0.262 e. The Morgan fingerprint density at radius 2 is 2.08 bits per heavy atom. The monoisotopic (exact) mass is 370 g/mol. The van der Waals surface area contributed by atoms with E-state index in [1.807, 2.05) is 0 Å². The number of fused-ring (bicyclic) bond motifs is 1. The van der Waals surface area contributed by atoms with Crippen LogP contribution in [0.1, 0.15) is 35.7 Å². The van der Waals surface area contributed by atoms with Gasteiger partial charge in [0.05, 0.1) is 10.6 Å². The SMILES string of the molecule is CCCCNC(=O)c1ccc2c(c1)NC(=O)C(=Cc1ccccc1F)S2. The first-order valence-corrected chi connectivity index (χ1v) is 9.28. The maximum Gasteiger partial charge on any atom is 0.262 e. The summed E-state index contributed by atoms with van der Waals surface area (Å²) in [6.45, 7) is 2.69. The zero-order valence-corrected chi connectivity index (χ0v) is 15.2. The van der Waals surface area contributed by atoms with Crippen LogP contribution in [0, 0.1) is 5.82 Å². The number of hydrogen-bond acceptors (Lipinski definition) is 3. The van der Waals surface area contributed by atoms with Gasteiger partial charge in [-0.05, 0) is 36.8 Å². The summed E-state index contributed by atoms with van der Waals surface area (Å²) in [5.41, 5.74) is 1.46. The molecule has 1 aliphatic heterocycles. The number of benzene rings is 2. The summed E-state index contributed by atoms with van der Waals surface area (Å²) >= 11 is 1.26. The number of carbonyl (C=O) groups is 2. The van der Waals surface area contributed by atoms with Gasteiger partial charge in [-0.2, -0.15) is 0 Å². The van der Waals surface area contributed by atoms with Crippen LogP contribution < -0.4 is 10.6 Å². The number of anilines is 1. The van der Waals surface area contributed by atoms with Gasteiger partial charge in [0.15, 0.2) is 0 Å². The number of halogens is 1. The molecule has 2 amide bonds. The van der Waals surface area contributed by atoms with Crippen molar-refractivity contribution in [2.75, 3.05) is 11.9 Å². The molecule has 1 heterocycles. The molecule has 2 aromatic carbocycles. The van der Waals surface area contributed by atoms with Crippen LogP contribution in [0.2, 0.25) is 0 Å². The first kappa shape index (κ1) is 18.2. The average Bonchev–Trinajstić information content (AvgIpc) is 2.64. The number of nitrogens with one attached hydrogen (secondary N) is 2. The Kier molecular flexibility index (Phi) is 5.73. The second-order valence-electron chi connectivity index (χ2n) is 5.91. The second kappa shape index (κ2) is 8.19. The fourth-order valence-electron chi connectivity index (χ4n) is 2.52. The van der Waals surface area contributed by atoms with Crippen molar-refractivity contribution in [2.45, 2.75) is 24.7 Å². The first-order valence-electron chi connectivity index (χ1n) is 8.46. The number of rotatable bonds is 5. The molecular formula is C20H19FN2O2S. The molecule has 0 unspecified atom stereocenters. The predicted octanol–water partition coefficient (Wildman–Crippen LogP) is 4.44. The lowest BCUT2D eigenvalue weighted by molar-refractivity contribution is -0.112. The minimum Gasteiger partial charge on any atom is -0.352 e. The van der Waals surface area contributed by atoms with E-state index in [4.69, 9.17) is 0 Å². The lowest BCUT2D eigenvalue weighted by Gasteiger charge is -2.19. The van der Waals surface area contributed by atoms with Gasteiger partial charge in [0, 0.05) is 22.6 Å². The van der Waals surface area contributed by atoms with Crippen molar-refractivity contribution in [1.82, 2.24) is 5.32 Å². The summed E-state index contributed by atoms with van der Waals surface area (Å²) in [6, 6.07) is 11.5. The molecule has 1 aliphatic rings. The molecule has 2 N–H and O–H groups in total. The van der Waals surface area contributed by atoms with Gasteiger partial charge in [-0.1, -0.05) is 43.3 Å². The highest BCUT2D eigenvalue weighted by molar-refractivity contribution is 8.04. The third-order valence-electron chi connectivity index (χ3n) is 3.94. The van der Waals surface area contributed by atoms with Crippen LogP contribution in [0.3, 0.4) is 0 Å². The summed E-state index contributed by atoms with van der Waals surface area (Å²) in [4.78, 5) is 25.7. The van der Waals surface area contributed by atoms with Crippen LogP contribution in [-0.4, -0.2) is 18.4 Å². The Bertz CT molecular complexity index is 880. The van der Waals surface area contributed by atoms with Crippen molar-refractivity contribution >= 4 is 35.3 Å². The van der Waals surface area contributed by atoms with E-state index in [0.29, 0.717) is 28.3 Å². The summed E-state index contributed by atoms with van der Waals surface area (Å²) < 4.78 is 13.8. The lowest BCUT2D eigenvalue weighted by atomic mass is 10.1. The van der Waals surface area contributed by atoms with E-state index in [2.05, 4.69) is 17.6 Å². The van der Waals surface area contributed by atoms with E-state index in [1.54, 1.807) is 36.4 Å². The molecule has 0 saturated heterocycles. The van der Waals surface area contributed by atoms with Gasteiger partial charge in [0.25, 0.3) is 11.8 Å².